The lowest BCUT2D eigenvalue weighted by molar-refractivity contribution is -0.165. The van der Waals surface area contributed by atoms with Gasteiger partial charge in [0.25, 0.3) is 0 Å². The molecule has 2 aliphatic heterocycles. The Balaban J connectivity index is 1.11. The average molecular weight is 831 g/mol. The lowest BCUT2D eigenvalue weighted by atomic mass is 9.68. The van der Waals surface area contributed by atoms with Gasteiger partial charge in [-0.1, -0.05) is 99.8 Å². The molecule has 7 rings (SSSR count). The van der Waals surface area contributed by atoms with Gasteiger partial charge in [0.15, 0.2) is 12.2 Å². The molecule has 4 aromatic rings. The van der Waals surface area contributed by atoms with Gasteiger partial charge in [-0.2, -0.15) is 0 Å². The first-order valence-electron chi connectivity index (χ1n) is 21.2. The number of fused-ring (bicyclic) bond motifs is 3. The molecular formula is C51H58O10. The van der Waals surface area contributed by atoms with Crippen LogP contribution >= 0.6 is 0 Å². The Morgan fingerprint density at radius 1 is 0.574 bits per heavy atom. The van der Waals surface area contributed by atoms with Crippen LogP contribution in [0.4, 0.5) is 0 Å². The van der Waals surface area contributed by atoms with Gasteiger partial charge in [0.1, 0.15) is 24.7 Å². The first kappa shape index (κ1) is 43.8. The van der Waals surface area contributed by atoms with E-state index in [0.29, 0.717) is 62.3 Å². The van der Waals surface area contributed by atoms with Crippen molar-refractivity contribution >= 4 is 11.9 Å². The third-order valence-corrected chi connectivity index (χ3v) is 12.2. The molecule has 61 heavy (non-hydrogen) atoms. The van der Waals surface area contributed by atoms with Gasteiger partial charge in [-0.25, -0.2) is 9.59 Å². The molecule has 0 amide bonds. The second-order valence-electron chi connectivity index (χ2n) is 16.9. The summed E-state index contributed by atoms with van der Waals surface area (Å²) in [6.07, 6.45) is 0.636. The molecular weight excluding hydrogens is 773 g/mol. The summed E-state index contributed by atoms with van der Waals surface area (Å²) in [6, 6.07) is 33.3. The Bertz CT molecular complexity index is 2000. The van der Waals surface area contributed by atoms with Crippen molar-refractivity contribution in [2.75, 3.05) is 66.1 Å². The van der Waals surface area contributed by atoms with Crippen LogP contribution in [0.5, 0.6) is 11.5 Å². The highest BCUT2D eigenvalue weighted by atomic mass is 16.6. The number of rotatable bonds is 22. The zero-order chi connectivity index (χ0) is 43.0. The normalized spacial score (nSPS) is 17.3. The lowest BCUT2D eigenvalue weighted by Gasteiger charge is -2.40. The van der Waals surface area contributed by atoms with Crippen molar-refractivity contribution in [2.24, 2.45) is 10.8 Å². The Morgan fingerprint density at radius 2 is 0.951 bits per heavy atom. The summed E-state index contributed by atoms with van der Waals surface area (Å²) < 4.78 is 47.0. The minimum absolute atomic E-state index is 0.00354. The summed E-state index contributed by atoms with van der Waals surface area (Å²) in [7, 11) is 0. The molecule has 3 aliphatic rings. The van der Waals surface area contributed by atoms with E-state index in [2.05, 4.69) is 99.8 Å². The SMILES string of the molecule is C=C(C)C(=O)OC(COCC1(CC)COC1)COc1ccc(C2(c3ccc(OCC(COCC4(CC)COC4)OC(=O)C(=C)C)cc3)c3ccccc3-c3ccccc32)cc1. The van der Waals surface area contributed by atoms with E-state index in [9.17, 15) is 9.59 Å². The molecule has 0 aromatic heterocycles. The van der Waals surface area contributed by atoms with Crippen molar-refractivity contribution in [3.63, 3.8) is 0 Å². The van der Waals surface area contributed by atoms with Crippen LogP contribution < -0.4 is 9.47 Å². The Hall–Kier alpha value is -5.26. The van der Waals surface area contributed by atoms with Gasteiger partial charge in [-0.05, 0) is 84.3 Å². The van der Waals surface area contributed by atoms with Crippen LogP contribution in [0.2, 0.25) is 0 Å². The van der Waals surface area contributed by atoms with Crippen LogP contribution in [-0.4, -0.2) is 90.2 Å². The fourth-order valence-electron chi connectivity index (χ4n) is 8.11. The van der Waals surface area contributed by atoms with Crippen molar-refractivity contribution in [1.29, 1.82) is 0 Å². The Labute approximate surface area is 359 Å². The lowest BCUT2D eigenvalue weighted by Crippen LogP contribution is -2.46. The number of hydrogen-bond acceptors (Lipinski definition) is 10. The predicted molar refractivity (Wildman–Crippen MR) is 233 cm³/mol. The number of ether oxygens (including phenoxy) is 8. The van der Waals surface area contributed by atoms with Crippen molar-refractivity contribution in [1.82, 2.24) is 0 Å². The van der Waals surface area contributed by atoms with Crippen LogP contribution in [0.25, 0.3) is 11.1 Å². The van der Waals surface area contributed by atoms with E-state index >= 15 is 0 Å². The molecule has 2 unspecified atom stereocenters. The van der Waals surface area contributed by atoms with E-state index in [-0.39, 0.29) is 37.3 Å². The fourth-order valence-corrected chi connectivity index (χ4v) is 8.11. The number of esters is 2. The van der Waals surface area contributed by atoms with Crippen molar-refractivity contribution < 1.29 is 47.5 Å². The van der Waals surface area contributed by atoms with E-state index in [4.69, 9.17) is 37.9 Å². The summed E-state index contributed by atoms with van der Waals surface area (Å²) in [6.45, 7) is 19.3. The number of benzene rings is 4. The summed E-state index contributed by atoms with van der Waals surface area (Å²) in [5.41, 5.74) is 6.73. The zero-order valence-electron chi connectivity index (χ0n) is 35.9. The molecule has 322 valence electrons. The largest absolute Gasteiger partial charge is 0.490 e. The molecule has 0 spiro atoms. The van der Waals surface area contributed by atoms with Gasteiger partial charge in [0.2, 0.25) is 0 Å². The smallest absolute Gasteiger partial charge is 0.333 e. The molecule has 0 saturated carbocycles. The molecule has 10 heteroatoms. The average Bonchev–Trinajstić information content (AvgIpc) is 3.55. The topological polar surface area (TPSA) is 108 Å². The quantitative estimate of drug-likeness (QED) is 0.0497. The van der Waals surface area contributed by atoms with Gasteiger partial charge in [-0.3, -0.25) is 0 Å². The van der Waals surface area contributed by atoms with Crippen molar-refractivity contribution in [3.05, 3.63) is 144 Å². The fraction of sp³-hybridized carbons (Fsp3) is 0.412. The van der Waals surface area contributed by atoms with E-state index in [0.717, 1.165) is 35.1 Å². The second kappa shape index (κ2) is 19.2. The predicted octanol–water partition coefficient (Wildman–Crippen LogP) is 8.67. The van der Waals surface area contributed by atoms with Crippen LogP contribution in [0.15, 0.2) is 121 Å². The summed E-state index contributed by atoms with van der Waals surface area (Å²) >= 11 is 0. The van der Waals surface area contributed by atoms with Gasteiger partial charge in [0, 0.05) is 22.0 Å². The number of hydrogen-bond donors (Lipinski definition) is 0. The van der Waals surface area contributed by atoms with Gasteiger partial charge in [-0.15, -0.1) is 0 Å². The van der Waals surface area contributed by atoms with E-state index in [1.165, 1.54) is 11.1 Å². The van der Waals surface area contributed by atoms with Crippen LogP contribution in [0.3, 0.4) is 0 Å². The second-order valence-corrected chi connectivity index (χ2v) is 16.9. The molecule has 4 aromatic carbocycles. The molecule has 10 nitrogen and oxygen atoms in total. The van der Waals surface area contributed by atoms with Crippen LogP contribution in [0, 0.1) is 10.8 Å². The summed E-state index contributed by atoms with van der Waals surface area (Å²) in [5.74, 6) is 0.295. The molecule has 2 saturated heterocycles. The monoisotopic (exact) mass is 830 g/mol. The number of carbonyl (C=O) groups excluding carboxylic acids is 2. The van der Waals surface area contributed by atoms with Gasteiger partial charge >= 0.3 is 11.9 Å². The van der Waals surface area contributed by atoms with Crippen molar-refractivity contribution in [3.8, 4) is 22.6 Å². The third-order valence-electron chi connectivity index (χ3n) is 12.2. The highest BCUT2D eigenvalue weighted by molar-refractivity contribution is 5.88. The van der Waals surface area contributed by atoms with Gasteiger partial charge in [0.05, 0.1) is 58.3 Å². The van der Waals surface area contributed by atoms with Crippen LogP contribution in [-0.2, 0) is 43.4 Å². The van der Waals surface area contributed by atoms with E-state index < -0.39 is 29.6 Å². The highest BCUT2D eigenvalue weighted by Crippen LogP contribution is 2.56. The maximum atomic E-state index is 12.6. The van der Waals surface area contributed by atoms with Gasteiger partial charge < -0.3 is 37.9 Å². The van der Waals surface area contributed by atoms with E-state index in [1.807, 2.05) is 24.3 Å². The summed E-state index contributed by atoms with van der Waals surface area (Å²) in [5, 5.41) is 0. The molecule has 2 heterocycles. The number of carbonyl (C=O) groups is 2. The van der Waals surface area contributed by atoms with Crippen molar-refractivity contribution in [2.45, 2.75) is 58.2 Å². The standard InChI is InChI=1S/C51H58O10/c1-7-49(31-56-32-49)29-54-25-41(60-47(52)35(3)4)27-58-39-21-17-37(18-22-39)51(45-15-11-9-13-43(45)44-14-10-12-16-46(44)51)38-19-23-40(24-20-38)59-28-42(61-48(53)36(5)6)26-55-30-50(8-2)33-57-34-50/h9-24,41-42H,3,5,7-8,25-34H2,1-2,4,6H3. The Kier molecular flexibility index (Phi) is 13.8. The maximum Gasteiger partial charge on any atom is 0.333 e. The minimum atomic E-state index is -0.661. The Morgan fingerprint density at radius 3 is 1.28 bits per heavy atom. The molecule has 0 radical (unpaired) electrons. The maximum absolute atomic E-state index is 12.6. The zero-order valence-corrected chi connectivity index (χ0v) is 35.9. The molecule has 1 aliphatic carbocycles. The molecule has 2 atom stereocenters. The first-order valence-corrected chi connectivity index (χ1v) is 21.2. The molecule has 0 bridgehead atoms. The molecule has 0 N–H and O–H groups in total. The van der Waals surface area contributed by atoms with E-state index in [1.54, 1.807) is 13.8 Å². The summed E-state index contributed by atoms with van der Waals surface area (Å²) in [4.78, 5) is 25.1. The molecule has 2 fully saturated rings. The third kappa shape index (κ3) is 9.48. The first-order chi connectivity index (χ1) is 29.5. The van der Waals surface area contributed by atoms with Crippen LogP contribution in [0.1, 0.15) is 62.8 Å². The minimum Gasteiger partial charge on any atom is -0.490 e. The highest BCUT2D eigenvalue weighted by Gasteiger charge is 2.46.